The normalized spacial score (nSPS) is 15.2. The molecule has 34 heavy (non-hydrogen) atoms. The standard InChI is InChI=1S/C24H27ClN4O5/c1-2-16-5-8-18(9-6-16)28-22(30)15-34-21-10-7-17(12-20(21)25)13-27-29-24(32)23(31)26-14-19-4-3-11-33-19/h5-10,12-13,19H,2-4,11,14-15H2,1H3,(H,26,31)(H,28,30)(H,29,32)/b27-13-/t19-/m0/s1. The van der Waals surface area contributed by atoms with E-state index in [2.05, 4.69) is 28.1 Å². The molecule has 3 rings (SSSR count). The molecule has 0 bridgehead atoms. The number of aryl methyl sites for hydroxylation is 1. The first-order valence-electron chi connectivity index (χ1n) is 11.0. The quantitative estimate of drug-likeness (QED) is 0.286. The van der Waals surface area contributed by atoms with Gasteiger partial charge in [-0.15, -0.1) is 0 Å². The highest BCUT2D eigenvalue weighted by Crippen LogP contribution is 2.25. The molecule has 0 spiro atoms. The summed E-state index contributed by atoms with van der Waals surface area (Å²) in [6, 6.07) is 12.4. The Balaban J connectivity index is 1.42. The van der Waals surface area contributed by atoms with Crippen molar-refractivity contribution in [2.45, 2.75) is 32.3 Å². The number of amides is 3. The first kappa shape index (κ1) is 25.2. The average molecular weight is 487 g/mol. The van der Waals surface area contributed by atoms with Gasteiger partial charge in [-0.2, -0.15) is 5.10 Å². The van der Waals surface area contributed by atoms with E-state index < -0.39 is 11.8 Å². The summed E-state index contributed by atoms with van der Waals surface area (Å²) in [5.41, 5.74) is 4.60. The lowest BCUT2D eigenvalue weighted by Gasteiger charge is -2.10. The molecule has 3 N–H and O–H groups in total. The van der Waals surface area contributed by atoms with Gasteiger partial charge in [-0.25, -0.2) is 5.43 Å². The third kappa shape index (κ3) is 7.86. The van der Waals surface area contributed by atoms with Gasteiger partial charge in [0.1, 0.15) is 5.75 Å². The monoisotopic (exact) mass is 486 g/mol. The van der Waals surface area contributed by atoms with Gasteiger partial charge in [-0.05, 0) is 60.7 Å². The van der Waals surface area contributed by atoms with Crippen LogP contribution in [0.15, 0.2) is 47.6 Å². The maximum atomic E-state index is 12.1. The Bertz CT molecular complexity index is 1040. The number of anilines is 1. The predicted molar refractivity (Wildman–Crippen MR) is 129 cm³/mol. The first-order valence-corrected chi connectivity index (χ1v) is 11.4. The zero-order valence-electron chi connectivity index (χ0n) is 18.8. The molecule has 0 unspecified atom stereocenters. The van der Waals surface area contributed by atoms with Crippen molar-refractivity contribution in [3.05, 3.63) is 58.6 Å². The zero-order valence-corrected chi connectivity index (χ0v) is 19.6. The Kier molecular flexibility index (Phi) is 9.42. The van der Waals surface area contributed by atoms with Crippen LogP contribution in [0.5, 0.6) is 5.75 Å². The Hall–Kier alpha value is -3.43. The number of nitrogens with zero attached hydrogens (tertiary/aromatic N) is 1. The van der Waals surface area contributed by atoms with Crippen LogP contribution in [0.25, 0.3) is 0 Å². The summed E-state index contributed by atoms with van der Waals surface area (Å²) in [6.45, 7) is 2.81. The molecular formula is C24H27ClN4O5. The zero-order chi connectivity index (χ0) is 24.3. The van der Waals surface area contributed by atoms with Gasteiger partial charge in [0.15, 0.2) is 6.61 Å². The number of ether oxygens (including phenoxy) is 2. The number of halogens is 1. The third-order valence-corrected chi connectivity index (χ3v) is 5.36. The lowest BCUT2D eigenvalue weighted by Crippen LogP contribution is -2.41. The number of hydrogen-bond donors (Lipinski definition) is 3. The molecule has 1 fully saturated rings. The maximum Gasteiger partial charge on any atom is 0.329 e. The molecule has 2 aromatic rings. The van der Waals surface area contributed by atoms with Crippen LogP contribution in [0.4, 0.5) is 5.69 Å². The van der Waals surface area contributed by atoms with Crippen molar-refractivity contribution >= 4 is 41.2 Å². The first-order chi connectivity index (χ1) is 16.4. The van der Waals surface area contributed by atoms with Crippen molar-refractivity contribution in [1.29, 1.82) is 0 Å². The largest absolute Gasteiger partial charge is 0.482 e. The van der Waals surface area contributed by atoms with Gasteiger partial charge in [0.05, 0.1) is 17.3 Å². The van der Waals surface area contributed by atoms with E-state index in [1.54, 1.807) is 18.2 Å². The molecule has 0 aliphatic carbocycles. The van der Waals surface area contributed by atoms with E-state index in [0.29, 0.717) is 23.6 Å². The summed E-state index contributed by atoms with van der Waals surface area (Å²) >= 11 is 6.22. The fourth-order valence-corrected chi connectivity index (χ4v) is 3.43. The number of benzene rings is 2. The van der Waals surface area contributed by atoms with Crippen molar-refractivity contribution in [2.24, 2.45) is 5.10 Å². The van der Waals surface area contributed by atoms with Crippen molar-refractivity contribution in [1.82, 2.24) is 10.7 Å². The minimum absolute atomic E-state index is 0.0541. The van der Waals surface area contributed by atoms with Crippen molar-refractivity contribution in [3.8, 4) is 5.75 Å². The molecule has 2 aromatic carbocycles. The molecule has 1 aliphatic rings. The van der Waals surface area contributed by atoms with Crippen LogP contribution in [0, 0.1) is 0 Å². The summed E-state index contributed by atoms with van der Waals surface area (Å²) in [6.07, 6.45) is 4.02. The Labute approximate surface area is 202 Å². The van der Waals surface area contributed by atoms with Crippen molar-refractivity contribution < 1.29 is 23.9 Å². The second kappa shape index (κ2) is 12.7. The van der Waals surface area contributed by atoms with E-state index in [-0.39, 0.29) is 30.2 Å². The molecule has 1 aliphatic heterocycles. The van der Waals surface area contributed by atoms with Crippen LogP contribution < -0.4 is 20.8 Å². The van der Waals surface area contributed by atoms with Gasteiger partial charge in [0.2, 0.25) is 0 Å². The van der Waals surface area contributed by atoms with Gasteiger partial charge < -0.3 is 20.1 Å². The fourth-order valence-electron chi connectivity index (χ4n) is 3.19. The molecule has 1 saturated heterocycles. The molecule has 1 heterocycles. The van der Waals surface area contributed by atoms with Crippen molar-refractivity contribution in [3.63, 3.8) is 0 Å². The van der Waals surface area contributed by atoms with Crippen molar-refractivity contribution in [2.75, 3.05) is 25.1 Å². The summed E-state index contributed by atoms with van der Waals surface area (Å²) in [5, 5.41) is 9.31. The summed E-state index contributed by atoms with van der Waals surface area (Å²) in [7, 11) is 0. The van der Waals surface area contributed by atoms with Crippen LogP contribution in [0.2, 0.25) is 5.02 Å². The van der Waals surface area contributed by atoms with Gasteiger partial charge >= 0.3 is 11.8 Å². The van der Waals surface area contributed by atoms with Gasteiger partial charge in [-0.1, -0.05) is 30.7 Å². The average Bonchev–Trinajstić information content (AvgIpc) is 3.36. The van der Waals surface area contributed by atoms with E-state index in [4.69, 9.17) is 21.1 Å². The second-order valence-corrected chi connectivity index (χ2v) is 8.03. The van der Waals surface area contributed by atoms with E-state index in [1.165, 1.54) is 11.8 Å². The second-order valence-electron chi connectivity index (χ2n) is 7.62. The summed E-state index contributed by atoms with van der Waals surface area (Å²) < 4.78 is 10.9. The molecule has 10 heteroatoms. The van der Waals surface area contributed by atoms with Crippen LogP contribution in [0.3, 0.4) is 0 Å². The molecule has 1 atom stereocenters. The summed E-state index contributed by atoms with van der Waals surface area (Å²) in [5.74, 6) is -1.65. The molecule has 0 aromatic heterocycles. The highest BCUT2D eigenvalue weighted by Gasteiger charge is 2.19. The minimum Gasteiger partial charge on any atom is -0.482 e. The number of nitrogens with one attached hydrogen (secondary N) is 3. The maximum absolute atomic E-state index is 12.1. The number of rotatable bonds is 9. The Morgan fingerprint density at radius 2 is 1.97 bits per heavy atom. The molecule has 0 radical (unpaired) electrons. The van der Waals surface area contributed by atoms with E-state index in [9.17, 15) is 14.4 Å². The third-order valence-electron chi connectivity index (χ3n) is 5.06. The minimum atomic E-state index is -0.879. The molecular weight excluding hydrogens is 460 g/mol. The van der Waals surface area contributed by atoms with Crippen LogP contribution >= 0.6 is 11.6 Å². The van der Waals surface area contributed by atoms with Gasteiger partial charge in [0, 0.05) is 18.8 Å². The molecule has 3 amide bonds. The predicted octanol–water partition coefficient (Wildman–Crippen LogP) is 2.67. The van der Waals surface area contributed by atoms with Gasteiger partial charge in [-0.3, -0.25) is 14.4 Å². The van der Waals surface area contributed by atoms with E-state index >= 15 is 0 Å². The molecule has 180 valence electrons. The number of carbonyl (C=O) groups excluding carboxylic acids is 3. The molecule has 0 saturated carbocycles. The van der Waals surface area contributed by atoms with E-state index in [1.807, 2.05) is 24.3 Å². The topological polar surface area (TPSA) is 118 Å². The molecule has 9 nitrogen and oxygen atoms in total. The fraction of sp³-hybridized carbons (Fsp3) is 0.333. The Morgan fingerprint density at radius 3 is 2.65 bits per heavy atom. The van der Waals surface area contributed by atoms with Gasteiger partial charge in [0.25, 0.3) is 5.91 Å². The Morgan fingerprint density at radius 1 is 1.18 bits per heavy atom. The van der Waals surface area contributed by atoms with E-state index in [0.717, 1.165) is 19.3 Å². The number of hydrazone groups is 1. The number of carbonyl (C=O) groups is 3. The SMILES string of the molecule is CCc1ccc(NC(=O)COc2ccc(/C=N\NC(=O)C(=O)NC[C@@H]3CCCO3)cc2Cl)cc1. The lowest BCUT2D eigenvalue weighted by atomic mass is 10.1. The van der Waals surface area contributed by atoms with Crippen LogP contribution in [-0.2, 0) is 25.5 Å². The number of hydrogen-bond acceptors (Lipinski definition) is 6. The van der Waals surface area contributed by atoms with Crippen LogP contribution in [-0.4, -0.2) is 49.8 Å². The highest BCUT2D eigenvalue weighted by molar-refractivity contribution is 6.35. The summed E-state index contributed by atoms with van der Waals surface area (Å²) in [4.78, 5) is 35.7. The smallest absolute Gasteiger partial charge is 0.329 e. The lowest BCUT2D eigenvalue weighted by molar-refractivity contribution is -0.139. The van der Waals surface area contributed by atoms with Crippen LogP contribution in [0.1, 0.15) is 30.9 Å². The highest BCUT2D eigenvalue weighted by atomic mass is 35.5.